The first-order valence-electron chi connectivity index (χ1n) is 6.34. The van der Waals surface area contributed by atoms with Gasteiger partial charge in [0.1, 0.15) is 0 Å². The molecule has 0 heterocycles. The first-order valence-corrected chi connectivity index (χ1v) is 6.34. The fourth-order valence-electron chi connectivity index (χ4n) is 1.43. The van der Waals surface area contributed by atoms with Crippen LogP contribution in [-0.4, -0.2) is 157 Å². The molecule has 0 aromatic heterocycles. The van der Waals surface area contributed by atoms with Gasteiger partial charge in [-0.3, -0.25) is 19.2 Å². The molecule has 0 aliphatic carbocycles. The average Bonchev–Trinajstić information content (AvgIpc) is 2.34. The maximum atomic E-state index is 10.3. The number of carbonyl (C=O) groups is 6. The molecule has 30 heavy (non-hydrogen) atoms. The van der Waals surface area contributed by atoms with Crippen LogP contribution >= 0.6 is 0 Å². The summed E-state index contributed by atoms with van der Waals surface area (Å²) in [5.41, 5.74) is -5.48. The lowest BCUT2D eigenvalue weighted by molar-refractivity contribution is -0.170. The van der Waals surface area contributed by atoms with Gasteiger partial charge in [0.25, 0.3) is 0 Å². The molecule has 0 amide bonds. The fraction of sp³-hybridized carbons (Fsp3) is 0.500. The molecule has 0 aromatic rings. The smallest absolute Gasteiger partial charge is 0.336 e. The first kappa shape index (κ1) is 42.9. The largest absolute Gasteiger partial charge is 0.481 e. The molecular weight excluding hydrogens is 476 g/mol. The van der Waals surface area contributed by atoms with E-state index in [4.69, 9.17) is 40.9 Å². The summed E-state index contributed by atoms with van der Waals surface area (Å²) in [6.45, 7) is 0. The minimum absolute atomic E-state index is 0. The molecule has 0 rings (SSSR count). The van der Waals surface area contributed by atoms with Gasteiger partial charge in [-0.2, -0.15) is 0 Å². The zero-order valence-corrected chi connectivity index (χ0v) is 12.9. The molecule has 0 saturated carbocycles. The van der Waals surface area contributed by atoms with Crippen LogP contribution in [0.4, 0.5) is 0 Å². The number of hydrogen-bond acceptors (Lipinski definition) is 8. The summed E-state index contributed by atoms with van der Waals surface area (Å²) in [5.74, 6) is -10.0. The van der Waals surface area contributed by atoms with E-state index in [2.05, 4.69) is 0 Å². The van der Waals surface area contributed by atoms with Crippen molar-refractivity contribution in [2.45, 2.75) is 36.9 Å². The SMILES string of the molecule is O=C(O)CC(O)(CC(=O)O)C(=O)O.O=C(O)CC(O)(CC(=O)O)C(=O)O.[AlH3].[AlH3].[AlH3].[AlH3]. The van der Waals surface area contributed by atoms with Gasteiger partial charge in [0.05, 0.1) is 25.7 Å². The molecule has 0 atom stereocenters. The summed E-state index contributed by atoms with van der Waals surface area (Å²) < 4.78 is 0. The number of aliphatic carboxylic acids is 6. The van der Waals surface area contributed by atoms with Crippen LogP contribution in [0.3, 0.4) is 0 Å². The van der Waals surface area contributed by atoms with Crippen molar-refractivity contribution in [1.82, 2.24) is 0 Å². The third-order valence-corrected chi connectivity index (χ3v) is 2.57. The lowest BCUT2D eigenvalue weighted by Gasteiger charge is -2.18. The topological polar surface area (TPSA) is 264 Å². The van der Waals surface area contributed by atoms with E-state index in [1.807, 2.05) is 0 Å². The number of carboxylic acids is 6. The van der Waals surface area contributed by atoms with E-state index in [9.17, 15) is 28.8 Å². The van der Waals surface area contributed by atoms with Crippen molar-refractivity contribution in [1.29, 1.82) is 0 Å². The van der Waals surface area contributed by atoms with Crippen LogP contribution in [0.25, 0.3) is 0 Å². The molecule has 172 valence electrons. The Morgan fingerprint density at radius 3 is 0.633 bits per heavy atom. The Bertz CT molecular complexity index is 524. The molecule has 8 N–H and O–H groups in total. The van der Waals surface area contributed by atoms with Gasteiger partial charge in [-0.05, 0) is 0 Å². The summed E-state index contributed by atoms with van der Waals surface area (Å²) >= 11 is 0. The minimum Gasteiger partial charge on any atom is -0.481 e. The Labute approximate surface area is 211 Å². The molecule has 0 spiro atoms. The van der Waals surface area contributed by atoms with Crippen LogP contribution in [0, 0.1) is 0 Å². The number of aliphatic hydroxyl groups is 2. The van der Waals surface area contributed by atoms with Gasteiger partial charge in [0, 0.05) is 0 Å². The van der Waals surface area contributed by atoms with Crippen molar-refractivity contribution in [3.63, 3.8) is 0 Å². The molecular formula is C12H28Al4O14. The molecule has 0 radical (unpaired) electrons. The van der Waals surface area contributed by atoms with Crippen LogP contribution in [0.15, 0.2) is 0 Å². The summed E-state index contributed by atoms with van der Waals surface area (Å²) in [6, 6.07) is 0. The van der Waals surface area contributed by atoms with Crippen LogP contribution in [0.1, 0.15) is 25.7 Å². The van der Waals surface area contributed by atoms with Gasteiger partial charge < -0.3 is 40.9 Å². The molecule has 0 bridgehead atoms. The fourth-order valence-corrected chi connectivity index (χ4v) is 1.43. The highest BCUT2D eigenvalue weighted by atomic mass is 27.0. The van der Waals surface area contributed by atoms with Gasteiger partial charge in [0.2, 0.25) is 0 Å². The maximum Gasteiger partial charge on any atom is 0.336 e. The van der Waals surface area contributed by atoms with Gasteiger partial charge >= 0.3 is 35.8 Å². The van der Waals surface area contributed by atoms with Crippen molar-refractivity contribution in [3.8, 4) is 0 Å². The second-order valence-electron chi connectivity index (χ2n) is 4.96. The van der Waals surface area contributed by atoms with Crippen molar-refractivity contribution < 1.29 is 69.6 Å². The van der Waals surface area contributed by atoms with E-state index < -0.39 is 72.7 Å². The van der Waals surface area contributed by atoms with E-state index >= 15 is 0 Å². The molecule has 18 heteroatoms. The van der Waals surface area contributed by atoms with Crippen LogP contribution in [0.2, 0.25) is 0 Å². The molecule has 0 saturated heterocycles. The average molecular weight is 504 g/mol. The molecule has 0 aliphatic heterocycles. The molecule has 0 aliphatic rings. The van der Waals surface area contributed by atoms with E-state index in [0.29, 0.717) is 0 Å². The Kier molecular flexibility index (Phi) is 26.6. The zero-order valence-electron chi connectivity index (χ0n) is 12.9. The third kappa shape index (κ3) is 18.9. The monoisotopic (exact) mass is 504 g/mol. The molecule has 0 unspecified atom stereocenters. The van der Waals surface area contributed by atoms with Crippen LogP contribution in [-0.2, 0) is 28.8 Å². The number of hydrogen-bond donors (Lipinski definition) is 8. The first-order chi connectivity index (χ1) is 11.6. The van der Waals surface area contributed by atoms with Gasteiger partial charge in [-0.25, -0.2) is 9.59 Å². The second kappa shape index (κ2) is 18.6. The summed E-state index contributed by atoms with van der Waals surface area (Å²) in [7, 11) is 0. The highest BCUT2D eigenvalue weighted by Crippen LogP contribution is 2.16. The third-order valence-electron chi connectivity index (χ3n) is 2.57. The molecule has 14 nitrogen and oxygen atoms in total. The van der Waals surface area contributed by atoms with Crippen molar-refractivity contribution in [2.75, 3.05) is 0 Å². The summed E-state index contributed by atoms with van der Waals surface area (Å²) in [4.78, 5) is 61.0. The van der Waals surface area contributed by atoms with E-state index in [1.165, 1.54) is 0 Å². The normalized spacial score (nSPS) is 9.40. The van der Waals surface area contributed by atoms with E-state index in [1.54, 1.807) is 0 Å². The standard InChI is InChI=1S/2C6H8O7.4Al.12H/c2*7-3(8)1-6(13,5(11)12)2-4(9)10;;;;;;;;;;;;;;;;/h2*13H,1-2H2,(H,7,8)(H,9,10)(H,11,12);;;;;;;;;;;;;;;;. The van der Waals surface area contributed by atoms with Crippen molar-refractivity contribution in [2.24, 2.45) is 0 Å². The zero-order chi connectivity index (χ0) is 21.3. The predicted molar refractivity (Wildman–Crippen MR) is 114 cm³/mol. The van der Waals surface area contributed by atoms with E-state index in [-0.39, 0.29) is 69.4 Å². The Hall–Kier alpha value is -1.13. The number of rotatable bonds is 10. The Morgan fingerprint density at radius 2 is 0.567 bits per heavy atom. The van der Waals surface area contributed by atoms with Crippen molar-refractivity contribution >= 4 is 105 Å². The highest BCUT2D eigenvalue weighted by molar-refractivity contribution is 5.88. The molecule has 0 fully saturated rings. The lowest BCUT2D eigenvalue weighted by atomic mass is 9.96. The van der Waals surface area contributed by atoms with Crippen LogP contribution in [0.5, 0.6) is 0 Å². The van der Waals surface area contributed by atoms with Crippen molar-refractivity contribution in [3.05, 3.63) is 0 Å². The van der Waals surface area contributed by atoms with Gasteiger partial charge in [-0.15, -0.1) is 0 Å². The summed E-state index contributed by atoms with van der Waals surface area (Å²) in [5, 5.41) is 67.6. The second-order valence-corrected chi connectivity index (χ2v) is 4.96. The minimum atomic E-state index is -2.74. The maximum absolute atomic E-state index is 10.3. The number of carboxylic acid groups (broad SMARTS) is 6. The highest BCUT2D eigenvalue weighted by Gasteiger charge is 2.41. The Morgan fingerprint density at radius 1 is 0.433 bits per heavy atom. The van der Waals surface area contributed by atoms with Gasteiger partial charge in [-0.1, -0.05) is 0 Å². The van der Waals surface area contributed by atoms with Crippen LogP contribution < -0.4 is 0 Å². The van der Waals surface area contributed by atoms with E-state index in [0.717, 1.165) is 0 Å². The lowest BCUT2D eigenvalue weighted by Crippen LogP contribution is -2.42. The Balaban J connectivity index is -0.0000000847. The molecule has 0 aromatic carbocycles. The predicted octanol–water partition coefficient (Wildman–Crippen LogP) is -7.23. The summed E-state index contributed by atoms with van der Waals surface area (Å²) in [6.07, 6.45) is -4.58. The quantitative estimate of drug-likeness (QED) is 0.129. The van der Waals surface area contributed by atoms with Gasteiger partial charge in [0.15, 0.2) is 80.6 Å².